The summed E-state index contributed by atoms with van der Waals surface area (Å²) in [6, 6.07) is 6.04. The van der Waals surface area contributed by atoms with E-state index in [1.54, 1.807) is 12.4 Å². The van der Waals surface area contributed by atoms with Gasteiger partial charge in [-0.3, -0.25) is 9.88 Å². The molecule has 10 nitrogen and oxygen atoms in total. The van der Waals surface area contributed by atoms with Crippen molar-refractivity contribution in [2.75, 3.05) is 31.6 Å². The largest absolute Gasteiger partial charge is 0.378 e. The van der Waals surface area contributed by atoms with Crippen molar-refractivity contribution in [2.45, 2.75) is 63.7 Å². The first kappa shape index (κ1) is 26.2. The molecular weight excluding hydrogens is 487 g/mol. The standard InChI is InChI=1S/C27H33FN8O2/c1-18-12-19(7-11-37-18)26-31-15-24(34-26)25-23(28)14-32-27(35-25)33-20-5-6-21(30-13-20)16-36(9-3-8-29)17-22-4-2-10-38-22/h5-6,13-15,18-19,22H,2-4,7,9-12,16-17H2,1H3,(H,31,34)(H,32,33,35). The van der Waals surface area contributed by atoms with E-state index in [9.17, 15) is 4.39 Å². The van der Waals surface area contributed by atoms with Crippen LogP contribution in [0.2, 0.25) is 0 Å². The van der Waals surface area contributed by atoms with Crippen LogP contribution in [-0.4, -0.2) is 68.3 Å². The number of ether oxygens (including phenoxy) is 2. The maximum Gasteiger partial charge on any atom is 0.228 e. The van der Waals surface area contributed by atoms with Gasteiger partial charge in [-0.2, -0.15) is 5.26 Å². The molecule has 2 N–H and O–H groups in total. The molecule has 5 heterocycles. The van der Waals surface area contributed by atoms with Crippen LogP contribution in [0.15, 0.2) is 30.7 Å². The minimum atomic E-state index is -0.525. The SMILES string of the molecule is CC1CC(c2ncc(-c3nc(Nc4ccc(CN(CCC#N)CC5CCCO5)nc4)ncc3F)[nH]2)CCO1. The highest BCUT2D eigenvalue weighted by Crippen LogP contribution is 2.30. The van der Waals surface area contributed by atoms with Gasteiger partial charge in [0.1, 0.15) is 11.5 Å². The third-order valence-electron chi connectivity index (χ3n) is 6.96. The monoisotopic (exact) mass is 520 g/mol. The van der Waals surface area contributed by atoms with Crippen LogP contribution in [0.1, 0.15) is 56.5 Å². The van der Waals surface area contributed by atoms with Crippen LogP contribution in [-0.2, 0) is 16.0 Å². The van der Waals surface area contributed by atoms with Crippen molar-refractivity contribution in [1.82, 2.24) is 29.8 Å². The highest BCUT2D eigenvalue weighted by molar-refractivity contribution is 5.59. The van der Waals surface area contributed by atoms with E-state index in [1.807, 2.05) is 12.1 Å². The quantitative estimate of drug-likeness (QED) is 0.402. The lowest BCUT2D eigenvalue weighted by atomic mass is 9.96. The van der Waals surface area contributed by atoms with E-state index >= 15 is 0 Å². The molecule has 3 aromatic heterocycles. The molecule has 0 bridgehead atoms. The van der Waals surface area contributed by atoms with Gasteiger partial charge in [-0.05, 0) is 44.7 Å². The lowest BCUT2D eigenvalue weighted by Gasteiger charge is -2.25. The normalized spacial score (nSPS) is 21.5. The molecule has 5 rings (SSSR count). The van der Waals surface area contributed by atoms with Crippen LogP contribution in [0, 0.1) is 17.1 Å². The maximum absolute atomic E-state index is 14.6. The number of nitriles is 1. The summed E-state index contributed by atoms with van der Waals surface area (Å²) in [7, 11) is 0. The van der Waals surface area contributed by atoms with Crippen molar-refractivity contribution >= 4 is 11.6 Å². The summed E-state index contributed by atoms with van der Waals surface area (Å²) in [5.74, 6) is 0.816. The molecule has 0 aliphatic carbocycles. The smallest absolute Gasteiger partial charge is 0.228 e. The predicted molar refractivity (Wildman–Crippen MR) is 139 cm³/mol. The Morgan fingerprint density at radius 3 is 2.84 bits per heavy atom. The Hall–Kier alpha value is -3.46. The third kappa shape index (κ3) is 6.69. The van der Waals surface area contributed by atoms with E-state index in [0.717, 1.165) is 56.6 Å². The Morgan fingerprint density at radius 1 is 1.16 bits per heavy atom. The van der Waals surface area contributed by atoms with Crippen LogP contribution in [0.4, 0.5) is 16.0 Å². The number of rotatable bonds is 10. The zero-order chi connectivity index (χ0) is 26.3. The lowest BCUT2D eigenvalue weighted by Crippen LogP contribution is -2.32. The first-order chi connectivity index (χ1) is 18.6. The van der Waals surface area contributed by atoms with Crippen LogP contribution < -0.4 is 5.32 Å². The fourth-order valence-electron chi connectivity index (χ4n) is 5.00. The molecule has 0 spiro atoms. The minimum absolute atomic E-state index is 0.160. The van der Waals surface area contributed by atoms with Crippen molar-refractivity contribution in [3.8, 4) is 17.5 Å². The van der Waals surface area contributed by atoms with Crippen molar-refractivity contribution in [3.05, 3.63) is 48.1 Å². The lowest BCUT2D eigenvalue weighted by molar-refractivity contribution is 0.0174. The summed E-state index contributed by atoms with van der Waals surface area (Å²) in [6.07, 6.45) is 9.22. The van der Waals surface area contributed by atoms with Gasteiger partial charge < -0.3 is 19.8 Å². The van der Waals surface area contributed by atoms with E-state index < -0.39 is 5.82 Å². The van der Waals surface area contributed by atoms with Crippen LogP contribution in [0.25, 0.3) is 11.4 Å². The fraction of sp³-hybridized carbons (Fsp3) is 0.519. The Labute approximate surface area is 221 Å². The Balaban J connectivity index is 1.23. The number of H-pyrrole nitrogens is 1. The fourth-order valence-corrected chi connectivity index (χ4v) is 5.00. The Morgan fingerprint density at radius 2 is 2.08 bits per heavy atom. The number of nitrogens with one attached hydrogen (secondary N) is 2. The van der Waals surface area contributed by atoms with Gasteiger partial charge in [0.25, 0.3) is 0 Å². The molecule has 0 saturated carbocycles. The highest BCUT2D eigenvalue weighted by atomic mass is 19.1. The van der Waals surface area contributed by atoms with Gasteiger partial charge >= 0.3 is 0 Å². The zero-order valence-corrected chi connectivity index (χ0v) is 21.6. The Kier molecular flexibility index (Phi) is 8.53. The van der Waals surface area contributed by atoms with E-state index in [-0.39, 0.29) is 29.8 Å². The molecule has 200 valence electrons. The van der Waals surface area contributed by atoms with Crippen LogP contribution in [0.5, 0.6) is 0 Å². The summed E-state index contributed by atoms with van der Waals surface area (Å²) in [5, 5.41) is 12.1. The number of pyridine rings is 1. The van der Waals surface area contributed by atoms with Crippen molar-refractivity contribution in [3.63, 3.8) is 0 Å². The van der Waals surface area contributed by atoms with Gasteiger partial charge in [-0.1, -0.05) is 0 Å². The van der Waals surface area contributed by atoms with Crippen molar-refractivity contribution in [2.24, 2.45) is 0 Å². The number of anilines is 2. The topological polar surface area (TPSA) is 125 Å². The molecule has 2 saturated heterocycles. The molecule has 2 aliphatic rings. The van der Waals surface area contributed by atoms with Crippen LogP contribution in [0.3, 0.4) is 0 Å². The highest BCUT2D eigenvalue weighted by Gasteiger charge is 2.24. The van der Waals surface area contributed by atoms with E-state index in [0.29, 0.717) is 37.5 Å². The summed E-state index contributed by atoms with van der Waals surface area (Å²) in [5.41, 5.74) is 2.25. The van der Waals surface area contributed by atoms with Gasteiger partial charge in [0.2, 0.25) is 5.95 Å². The number of aromatic nitrogens is 5. The van der Waals surface area contributed by atoms with Gasteiger partial charge in [-0.15, -0.1) is 0 Å². The van der Waals surface area contributed by atoms with Gasteiger partial charge in [-0.25, -0.2) is 19.3 Å². The second kappa shape index (κ2) is 12.4. The van der Waals surface area contributed by atoms with E-state index in [2.05, 4.69) is 48.1 Å². The second-order valence-electron chi connectivity index (χ2n) is 9.92. The number of nitrogens with zero attached hydrogens (tertiary/aromatic N) is 6. The number of aromatic amines is 1. The average molecular weight is 521 g/mol. The third-order valence-corrected chi connectivity index (χ3v) is 6.96. The van der Waals surface area contributed by atoms with E-state index in [4.69, 9.17) is 14.7 Å². The molecular formula is C27H33FN8O2. The first-order valence-electron chi connectivity index (χ1n) is 13.2. The molecule has 0 amide bonds. The molecule has 3 unspecified atom stereocenters. The van der Waals surface area contributed by atoms with Gasteiger partial charge in [0, 0.05) is 45.2 Å². The van der Waals surface area contributed by atoms with Crippen molar-refractivity contribution in [1.29, 1.82) is 5.26 Å². The number of hydrogen-bond donors (Lipinski definition) is 2. The Bertz CT molecular complexity index is 1240. The summed E-state index contributed by atoms with van der Waals surface area (Å²) in [6.45, 7) is 5.64. The van der Waals surface area contributed by atoms with E-state index in [1.165, 1.54) is 0 Å². The molecule has 0 radical (unpaired) electrons. The molecule has 0 aromatic carbocycles. The van der Waals surface area contributed by atoms with Gasteiger partial charge in [0.15, 0.2) is 5.82 Å². The predicted octanol–water partition coefficient (Wildman–Crippen LogP) is 4.32. The van der Waals surface area contributed by atoms with Crippen molar-refractivity contribution < 1.29 is 13.9 Å². The molecule has 3 atom stereocenters. The molecule has 2 fully saturated rings. The minimum Gasteiger partial charge on any atom is -0.378 e. The first-order valence-corrected chi connectivity index (χ1v) is 13.2. The van der Waals surface area contributed by atoms with Crippen LogP contribution >= 0.6 is 0 Å². The summed E-state index contributed by atoms with van der Waals surface area (Å²) < 4.78 is 26.0. The molecule has 11 heteroatoms. The van der Waals surface area contributed by atoms with Gasteiger partial charge in [0.05, 0.1) is 53.9 Å². The molecule has 38 heavy (non-hydrogen) atoms. The molecule has 3 aromatic rings. The number of hydrogen-bond acceptors (Lipinski definition) is 9. The second-order valence-corrected chi connectivity index (χ2v) is 9.92. The maximum atomic E-state index is 14.6. The number of halogens is 1. The molecule has 2 aliphatic heterocycles. The summed E-state index contributed by atoms with van der Waals surface area (Å²) in [4.78, 5) is 23.0. The zero-order valence-electron chi connectivity index (χ0n) is 21.6. The number of imidazole rings is 1. The summed E-state index contributed by atoms with van der Waals surface area (Å²) >= 11 is 0. The average Bonchev–Trinajstić information content (AvgIpc) is 3.62.